The van der Waals surface area contributed by atoms with E-state index in [0.717, 1.165) is 22.3 Å². The summed E-state index contributed by atoms with van der Waals surface area (Å²) in [4.78, 5) is 15.2. The number of nitrogens with one attached hydrogen (secondary N) is 2. The Labute approximate surface area is 101 Å². The quantitative estimate of drug-likeness (QED) is 0.774. The van der Waals surface area contributed by atoms with Crippen LogP contribution in [0.2, 0.25) is 0 Å². The molecule has 3 nitrogen and oxygen atoms in total. The molecule has 0 fully saturated rings. The Morgan fingerprint density at radius 3 is 2.65 bits per heavy atom. The highest BCUT2D eigenvalue weighted by atomic mass is 16.2. The molecule has 0 aliphatic heterocycles. The average molecular weight is 230 g/mol. The van der Waals surface area contributed by atoms with Crippen molar-refractivity contribution in [3.8, 4) is 0 Å². The van der Waals surface area contributed by atoms with Gasteiger partial charge in [0.2, 0.25) is 5.91 Å². The lowest BCUT2D eigenvalue weighted by Crippen LogP contribution is -2.27. The molecule has 3 heteroatoms. The summed E-state index contributed by atoms with van der Waals surface area (Å²) >= 11 is 0. The highest BCUT2D eigenvalue weighted by Crippen LogP contribution is 2.26. The third-order valence-electron chi connectivity index (χ3n) is 2.73. The van der Waals surface area contributed by atoms with E-state index in [0.29, 0.717) is 0 Å². The fourth-order valence-corrected chi connectivity index (χ4v) is 1.71. The van der Waals surface area contributed by atoms with Crippen LogP contribution in [0, 0.1) is 12.3 Å². The van der Waals surface area contributed by atoms with Crippen LogP contribution in [0.3, 0.4) is 0 Å². The molecule has 17 heavy (non-hydrogen) atoms. The summed E-state index contributed by atoms with van der Waals surface area (Å²) in [5.74, 6) is 0.0313. The van der Waals surface area contributed by atoms with Crippen molar-refractivity contribution in [3.63, 3.8) is 0 Å². The van der Waals surface area contributed by atoms with Crippen LogP contribution in [0.15, 0.2) is 24.3 Å². The molecule has 0 aliphatic rings. The fourth-order valence-electron chi connectivity index (χ4n) is 1.71. The standard InChI is InChI=1S/C14H18N2O/c1-9-8-10-11(15-9)6-5-7-12(10)16-13(17)14(2,3)4/h5-8,15H,1-4H3,(H,16,17). The average Bonchev–Trinajstić information content (AvgIpc) is 2.58. The van der Waals surface area contributed by atoms with Crippen LogP contribution >= 0.6 is 0 Å². The summed E-state index contributed by atoms with van der Waals surface area (Å²) < 4.78 is 0. The van der Waals surface area contributed by atoms with E-state index >= 15 is 0 Å². The molecule has 0 aliphatic carbocycles. The van der Waals surface area contributed by atoms with Crippen molar-refractivity contribution in [1.82, 2.24) is 4.98 Å². The molecule has 1 heterocycles. The van der Waals surface area contributed by atoms with Gasteiger partial charge in [-0.3, -0.25) is 4.79 Å². The number of hydrogen-bond donors (Lipinski definition) is 2. The van der Waals surface area contributed by atoms with Gasteiger partial charge in [-0.25, -0.2) is 0 Å². The summed E-state index contributed by atoms with van der Waals surface area (Å²) in [6.45, 7) is 7.73. The zero-order valence-corrected chi connectivity index (χ0v) is 10.7. The van der Waals surface area contributed by atoms with E-state index in [1.807, 2.05) is 52.0 Å². The van der Waals surface area contributed by atoms with E-state index in [4.69, 9.17) is 0 Å². The van der Waals surface area contributed by atoms with Crippen LogP contribution in [-0.4, -0.2) is 10.9 Å². The molecule has 90 valence electrons. The molecule has 0 saturated carbocycles. The second kappa shape index (κ2) is 3.91. The van der Waals surface area contributed by atoms with Gasteiger partial charge in [0, 0.05) is 22.0 Å². The highest BCUT2D eigenvalue weighted by Gasteiger charge is 2.21. The summed E-state index contributed by atoms with van der Waals surface area (Å²) in [6, 6.07) is 7.93. The van der Waals surface area contributed by atoms with E-state index in [1.54, 1.807) is 0 Å². The number of rotatable bonds is 1. The molecule has 1 aromatic carbocycles. The maximum absolute atomic E-state index is 12.0. The minimum atomic E-state index is -0.381. The van der Waals surface area contributed by atoms with E-state index in [2.05, 4.69) is 10.3 Å². The third kappa shape index (κ3) is 2.33. The number of anilines is 1. The van der Waals surface area contributed by atoms with Gasteiger partial charge >= 0.3 is 0 Å². The van der Waals surface area contributed by atoms with Gasteiger partial charge < -0.3 is 10.3 Å². The Kier molecular flexibility index (Phi) is 2.69. The van der Waals surface area contributed by atoms with Crippen LogP contribution in [0.4, 0.5) is 5.69 Å². The predicted molar refractivity (Wildman–Crippen MR) is 71.1 cm³/mol. The normalized spacial score (nSPS) is 11.8. The molecule has 0 unspecified atom stereocenters. The first kappa shape index (κ1) is 11.7. The van der Waals surface area contributed by atoms with E-state index in [9.17, 15) is 4.79 Å². The first-order valence-electron chi connectivity index (χ1n) is 5.78. The van der Waals surface area contributed by atoms with Gasteiger partial charge in [0.05, 0.1) is 5.69 Å². The van der Waals surface area contributed by atoms with E-state index in [1.165, 1.54) is 0 Å². The van der Waals surface area contributed by atoms with Crippen LogP contribution in [0.5, 0.6) is 0 Å². The van der Waals surface area contributed by atoms with E-state index < -0.39 is 0 Å². The molecule has 2 rings (SSSR count). The number of amides is 1. The van der Waals surface area contributed by atoms with Gasteiger partial charge in [-0.05, 0) is 25.1 Å². The summed E-state index contributed by atoms with van der Waals surface area (Å²) in [5.41, 5.74) is 2.63. The topological polar surface area (TPSA) is 44.9 Å². The van der Waals surface area contributed by atoms with Crippen molar-refractivity contribution in [2.45, 2.75) is 27.7 Å². The maximum Gasteiger partial charge on any atom is 0.229 e. The SMILES string of the molecule is Cc1cc2c(NC(=O)C(C)(C)C)cccc2[nH]1. The Morgan fingerprint density at radius 2 is 2.00 bits per heavy atom. The molecule has 1 amide bonds. The van der Waals surface area contributed by atoms with Crippen molar-refractivity contribution in [2.24, 2.45) is 5.41 Å². The van der Waals surface area contributed by atoms with E-state index in [-0.39, 0.29) is 11.3 Å². The van der Waals surface area contributed by atoms with Gasteiger partial charge in [-0.15, -0.1) is 0 Å². The van der Waals surface area contributed by atoms with Gasteiger partial charge in [-0.1, -0.05) is 26.8 Å². The number of H-pyrrole nitrogens is 1. The Hall–Kier alpha value is -1.77. The lowest BCUT2D eigenvalue weighted by atomic mass is 9.95. The largest absolute Gasteiger partial charge is 0.359 e. The number of aromatic nitrogens is 1. The minimum Gasteiger partial charge on any atom is -0.359 e. The molecular weight excluding hydrogens is 212 g/mol. The molecule has 0 bridgehead atoms. The predicted octanol–water partition coefficient (Wildman–Crippen LogP) is 3.46. The Morgan fingerprint density at radius 1 is 1.29 bits per heavy atom. The summed E-state index contributed by atoms with van der Waals surface area (Å²) in [6.07, 6.45) is 0. The highest BCUT2D eigenvalue weighted by molar-refractivity contribution is 6.03. The fraction of sp³-hybridized carbons (Fsp3) is 0.357. The summed E-state index contributed by atoms with van der Waals surface area (Å²) in [5, 5.41) is 4.04. The maximum atomic E-state index is 12.0. The zero-order valence-electron chi connectivity index (χ0n) is 10.7. The van der Waals surface area contributed by atoms with Crippen molar-refractivity contribution in [3.05, 3.63) is 30.0 Å². The van der Waals surface area contributed by atoms with Gasteiger partial charge in [0.1, 0.15) is 0 Å². The summed E-state index contributed by atoms with van der Waals surface area (Å²) in [7, 11) is 0. The van der Waals surface area contributed by atoms with Gasteiger partial charge in [-0.2, -0.15) is 0 Å². The zero-order chi connectivity index (χ0) is 12.6. The smallest absolute Gasteiger partial charge is 0.229 e. The molecule has 0 spiro atoms. The van der Waals surface area contributed by atoms with Gasteiger partial charge in [0.25, 0.3) is 0 Å². The third-order valence-corrected chi connectivity index (χ3v) is 2.73. The second-order valence-corrected chi connectivity index (χ2v) is 5.42. The number of hydrogen-bond acceptors (Lipinski definition) is 1. The van der Waals surface area contributed by atoms with Crippen LogP contribution in [0.1, 0.15) is 26.5 Å². The molecule has 0 radical (unpaired) electrons. The molecule has 0 atom stereocenters. The minimum absolute atomic E-state index is 0.0313. The molecule has 2 N–H and O–H groups in total. The Balaban J connectivity index is 2.39. The lowest BCUT2D eigenvalue weighted by molar-refractivity contribution is -0.123. The van der Waals surface area contributed by atoms with Gasteiger partial charge in [0.15, 0.2) is 0 Å². The van der Waals surface area contributed by atoms with Crippen LogP contribution in [-0.2, 0) is 4.79 Å². The van der Waals surface area contributed by atoms with Crippen molar-refractivity contribution >= 4 is 22.5 Å². The Bertz CT molecular complexity index is 561. The van der Waals surface area contributed by atoms with Crippen molar-refractivity contribution in [2.75, 3.05) is 5.32 Å². The number of fused-ring (bicyclic) bond motifs is 1. The van der Waals surface area contributed by atoms with Crippen LogP contribution in [0.25, 0.3) is 10.9 Å². The first-order chi connectivity index (χ1) is 7.88. The molecule has 0 saturated heterocycles. The number of aromatic amines is 1. The second-order valence-electron chi connectivity index (χ2n) is 5.42. The monoisotopic (exact) mass is 230 g/mol. The molecule has 1 aromatic heterocycles. The number of carbonyl (C=O) groups is 1. The number of carbonyl (C=O) groups excluding carboxylic acids is 1. The van der Waals surface area contributed by atoms with Crippen molar-refractivity contribution in [1.29, 1.82) is 0 Å². The number of benzene rings is 1. The first-order valence-corrected chi connectivity index (χ1v) is 5.78. The van der Waals surface area contributed by atoms with Crippen LogP contribution < -0.4 is 5.32 Å². The number of aryl methyl sites for hydroxylation is 1. The lowest BCUT2D eigenvalue weighted by Gasteiger charge is -2.18. The van der Waals surface area contributed by atoms with Crippen molar-refractivity contribution < 1.29 is 4.79 Å². The molecule has 2 aromatic rings. The molecular formula is C14H18N2O.